The summed E-state index contributed by atoms with van der Waals surface area (Å²) in [6.07, 6.45) is 11.5. The van der Waals surface area contributed by atoms with Gasteiger partial charge < -0.3 is 0 Å². The summed E-state index contributed by atoms with van der Waals surface area (Å²) in [6.45, 7) is -4.67. The highest BCUT2D eigenvalue weighted by Crippen LogP contribution is 2.37. The third kappa shape index (κ3) is 8.05. The third-order valence-corrected chi connectivity index (χ3v) is 15.1. The maximum absolute atomic E-state index is 8.30. The predicted molar refractivity (Wildman–Crippen MR) is 312 cm³/mol. The van der Waals surface area contributed by atoms with E-state index in [0.29, 0.717) is 22.1 Å². The normalized spacial score (nSPS) is 13.3. The second-order valence-electron chi connectivity index (χ2n) is 19.7. The average molecular weight is 984 g/mol. The lowest BCUT2D eigenvalue weighted by Crippen LogP contribution is -1.99. The smallest absolute Gasteiger partial charge is 0.0968 e. The first kappa shape index (κ1) is 38.9. The van der Waals surface area contributed by atoms with E-state index in [1.54, 1.807) is 46.0 Å². The number of fused-ring (bicyclic) bond motifs is 12. The highest BCUT2D eigenvalue weighted by molar-refractivity contribution is 6.12. The molecule has 0 N–H and O–H groups in total. The number of hydrogen-bond donors (Lipinski definition) is 0. The Kier molecular flexibility index (Phi) is 9.59. The molecule has 7 heterocycles. The molecule has 7 nitrogen and oxygen atoms in total. The van der Waals surface area contributed by atoms with Gasteiger partial charge in [0.25, 0.3) is 0 Å². The molecule has 0 fully saturated rings. The summed E-state index contributed by atoms with van der Waals surface area (Å²) in [6, 6.07) is 67.5. The van der Waals surface area contributed by atoms with E-state index in [2.05, 4.69) is 174 Å². The Hall–Kier alpha value is -9.59. The topological polar surface area (TPSA) is 73.3 Å². The highest BCUT2D eigenvalue weighted by atomic mass is 15.2. The SMILES string of the molecule is [2H]C([2H])([2H])c1ccnc2c3ccc(CCc4cc(CCc5ccc6c(c5)c5ccnn5c5c(C([2H])([2H])[2H])ccnc65)cc(-c5ccccc5-c5ccc(-c6cc(-c7ccc(-c8ccccc8)cc7)ccn6)cc5)c4)cc3c3ccnn3c12. The minimum absolute atomic E-state index is 0.222. The van der Waals surface area contributed by atoms with Crippen molar-refractivity contribution in [2.75, 3.05) is 0 Å². The van der Waals surface area contributed by atoms with Gasteiger partial charge in [-0.3, -0.25) is 15.0 Å². The van der Waals surface area contributed by atoms with Crippen LogP contribution in [0, 0.1) is 13.7 Å². The summed E-state index contributed by atoms with van der Waals surface area (Å²) in [7, 11) is 0. The van der Waals surface area contributed by atoms with Gasteiger partial charge in [0.2, 0.25) is 0 Å². The lowest BCUT2D eigenvalue weighted by Gasteiger charge is -2.15. The van der Waals surface area contributed by atoms with E-state index < -0.39 is 13.7 Å². The zero-order valence-electron chi connectivity index (χ0n) is 47.3. The van der Waals surface area contributed by atoms with Gasteiger partial charge in [-0.25, -0.2) is 9.03 Å². The second kappa shape index (κ2) is 18.7. The van der Waals surface area contributed by atoms with E-state index in [0.717, 1.165) is 114 Å². The quantitative estimate of drug-likeness (QED) is 0.121. The third-order valence-electron chi connectivity index (χ3n) is 15.1. The van der Waals surface area contributed by atoms with Crippen LogP contribution in [0.5, 0.6) is 0 Å². The molecule has 7 heteroatoms. The van der Waals surface area contributed by atoms with Gasteiger partial charge in [-0.05, 0) is 166 Å². The molecule has 0 aliphatic carbocycles. The molecule has 0 spiro atoms. The number of pyridine rings is 5. The van der Waals surface area contributed by atoms with Crippen molar-refractivity contribution in [3.8, 4) is 55.8 Å². The van der Waals surface area contributed by atoms with Crippen molar-refractivity contribution in [2.45, 2.75) is 39.4 Å². The van der Waals surface area contributed by atoms with E-state index in [4.69, 9.17) is 23.2 Å². The Morgan fingerprint density at radius 3 is 1.41 bits per heavy atom. The molecule has 0 amide bonds. The minimum atomic E-state index is -2.33. The molecule has 0 aliphatic rings. The Morgan fingerprint density at radius 1 is 0.342 bits per heavy atom. The van der Waals surface area contributed by atoms with Crippen LogP contribution in [0.1, 0.15) is 41.6 Å². The Labute approximate surface area is 448 Å². The molecule has 7 aromatic carbocycles. The van der Waals surface area contributed by atoms with Crippen LogP contribution in [0.4, 0.5) is 0 Å². The lowest BCUT2D eigenvalue weighted by molar-refractivity contribution is 0.933. The van der Waals surface area contributed by atoms with E-state index >= 15 is 0 Å². The fourth-order valence-corrected chi connectivity index (χ4v) is 11.3. The molecular formula is C69H51N7. The van der Waals surface area contributed by atoms with Crippen molar-refractivity contribution in [3.63, 3.8) is 0 Å². The summed E-state index contributed by atoms with van der Waals surface area (Å²) in [5, 5.41) is 12.9. The molecule has 0 aliphatic heterocycles. The lowest BCUT2D eigenvalue weighted by atomic mass is 9.89. The number of rotatable bonds is 11. The minimum Gasteiger partial charge on any atom is -0.256 e. The van der Waals surface area contributed by atoms with Crippen LogP contribution < -0.4 is 0 Å². The number of nitrogens with zero attached hydrogens (tertiary/aromatic N) is 7. The van der Waals surface area contributed by atoms with Crippen LogP contribution in [0.3, 0.4) is 0 Å². The number of aromatic nitrogens is 7. The molecule has 76 heavy (non-hydrogen) atoms. The summed E-state index contributed by atoms with van der Waals surface area (Å²) >= 11 is 0. The first-order valence-corrected chi connectivity index (χ1v) is 25.7. The first-order valence-electron chi connectivity index (χ1n) is 28.7. The molecule has 14 aromatic rings. The van der Waals surface area contributed by atoms with Crippen molar-refractivity contribution in [2.24, 2.45) is 0 Å². The van der Waals surface area contributed by atoms with Crippen LogP contribution in [0.15, 0.2) is 225 Å². The van der Waals surface area contributed by atoms with Gasteiger partial charge in [0.1, 0.15) is 0 Å². The molecule has 0 saturated heterocycles. The monoisotopic (exact) mass is 983 g/mol. The van der Waals surface area contributed by atoms with Crippen LogP contribution >= 0.6 is 0 Å². The maximum atomic E-state index is 8.30. The highest BCUT2D eigenvalue weighted by Gasteiger charge is 2.17. The summed E-state index contributed by atoms with van der Waals surface area (Å²) in [5.74, 6) is 0. The average Bonchev–Trinajstić information content (AvgIpc) is 3.22. The molecule has 362 valence electrons. The van der Waals surface area contributed by atoms with E-state index in [-0.39, 0.29) is 11.1 Å². The largest absolute Gasteiger partial charge is 0.256 e. The Balaban J connectivity index is 0.802. The van der Waals surface area contributed by atoms with Crippen LogP contribution in [-0.4, -0.2) is 34.2 Å². The summed E-state index contributed by atoms with van der Waals surface area (Å²) in [4.78, 5) is 14.2. The fourth-order valence-electron chi connectivity index (χ4n) is 11.3. The van der Waals surface area contributed by atoms with Gasteiger partial charge in [0, 0.05) is 53.9 Å². The van der Waals surface area contributed by atoms with Gasteiger partial charge in [-0.1, -0.05) is 146 Å². The molecule has 14 rings (SSSR count). The van der Waals surface area contributed by atoms with Crippen molar-refractivity contribution < 1.29 is 8.22 Å². The Bertz CT molecular complexity index is 4580. The van der Waals surface area contributed by atoms with Crippen LogP contribution in [0.25, 0.3) is 110 Å². The number of aryl methyl sites for hydroxylation is 6. The van der Waals surface area contributed by atoms with Crippen molar-refractivity contribution in [3.05, 3.63) is 258 Å². The maximum Gasteiger partial charge on any atom is 0.0968 e. The molecule has 0 saturated carbocycles. The van der Waals surface area contributed by atoms with Gasteiger partial charge in [-0.2, -0.15) is 10.2 Å². The Morgan fingerprint density at radius 2 is 0.829 bits per heavy atom. The van der Waals surface area contributed by atoms with Gasteiger partial charge in [-0.15, -0.1) is 0 Å². The van der Waals surface area contributed by atoms with Gasteiger partial charge in [0.15, 0.2) is 0 Å². The van der Waals surface area contributed by atoms with E-state index in [1.165, 1.54) is 22.3 Å². The number of hydrogen-bond acceptors (Lipinski definition) is 5. The standard InChI is InChI=1S/C69H51N7/c1-44-28-33-71-66-59-26-16-46(41-61(59)64-31-36-73-75(64)68(44)66)12-14-48-38-49(15-13-47-17-27-60-62(42-47)65-32-37-74-76(65)69-45(2)29-34-72-67(60)69)40-56(39-48)58-11-7-6-10-57(58)53-22-24-54(25-23-53)63-43-55(30-35-70-63)52-20-18-51(19-21-52)50-8-4-3-5-9-50/h3-11,16-43H,12-15H2,1-2H3/i1D3,2D3. The molecule has 0 atom stereocenters. The summed E-state index contributed by atoms with van der Waals surface area (Å²) < 4.78 is 53.2. The first-order chi connectivity index (χ1) is 39.9. The zero-order valence-corrected chi connectivity index (χ0v) is 41.3. The molecular weight excluding hydrogens is 927 g/mol. The molecule has 0 radical (unpaired) electrons. The van der Waals surface area contributed by atoms with Crippen molar-refractivity contribution in [1.29, 1.82) is 0 Å². The van der Waals surface area contributed by atoms with Crippen molar-refractivity contribution >= 4 is 54.6 Å². The summed E-state index contributed by atoms with van der Waals surface area (Å²) in [5.41, 5.74) is 20.1. The van der Waals surface area contributed by atoms with Crippen LogP contribution in [-0.2, 0) is 25.7 Å². The van der Waals surface area contributed by atoms with E-state index in [1.807, 2.05) is 24.4 Å². The fraction of sp³-hybridized carbons (Fsp3) is 0.0870. The zero-order chi connectivity index (χ0) is 55.7. The van der Waals surface area contributed by atoms with Crippen LogP contribution in [0.2, 0.25) is 0 Å². The van der Waals surface area contributed by atoms with E-state index in [9.17, 15) is 0 Å². The molecule has 0 unspecified atom stereocenters. The van der Waals surface area contributed by atoms with Crippen molar-refractivity contribution in [1.82, 2.24) is 34.2 Å². The molecule has 0 bridgehead atoms. The molecule has 7 aromatic heterocycles. The van der Waals surface area contributed by atoms with Gasteiger partial charge in [0.05, 0.1) is 51.2 Å². The van der Waals surface area contributed by atoms with Gasteiger partial charge >= 0.3 is 0 Å². The number of benzene rings is 7. The predicted octanol–water partition coefficient (Wildman–Crippen LogP) is 16.3. The second-order valence-corrected chi connectivity index (χ2v) is 19.7.